The Hall–Kier alpha value is -4.02. The molecule has 2 aromatic carbocycles. The van der Waals surface area contributed by atoms with Crippen LogP contribution in [0.4, 0.5) is 11.4 Å². The highest BCUT2D eigenvalue weighted by atomic mass is 16.6. The fourth-order valence-electron chi connectivity index (χ4n) is 2.63. The van der Waals surface area contributed by atoms with Gasteiger partial charge in [0.15, 0.2) is 23.9 Å². The lowest BCUT2D eigenvalue weighted by molar-refractivity contribution is -0.385. The first-order valence-corrected chi connectivity index (χ1v) is 9.02. The third-order valence-electron chi connectivity index (χ3n) is 3.97. The average Bonchev–Trinajstić information content (AvgIpc) is 2.76. The van der Waals surface area contributed by atoms with E-state index in [1.807, 2.05) is 0 Å². The first kappa shape index (κ1) is 23.3. The number of esters is 1. The van der Waals surface area contributed by atoms with Crippen LogP contribution in [0.2, 0.25) is 0 Å². The largest absolute Gasteiger partial charge is 0.493 e. The molecule has 0 saturated carbocycles. The minimum atomic E-state index is -0.897. The third-order valence-corrected chi connectivity index (χ3v) is 3.97. The van der Waals surface area contributed by atoms with Gasteiger partial charge in [0.2, 0.25) is 5.75 Å². The summed E-state index contributed by atoms with van der Waals surface area (Å²) in [5.41, 5.74) is -0.138. The number of anilines is 1. The molecule has 0 saturated heterocycles. The normalized spacial score (nSPS) is 10.1. The van der Waals surface area contributed by atoms with E-state index < -0.39 is 23.4 Å². The summed E-state index contributed by atoms with van der Waals surface area (Å²) in [6.07, 6.45) is 0. The highest BCUT2D eigenvalue weighted by Gasteiger charge is 2.20. The van der Waals surface area contributed by atoms with Gasteiger partial charge in [0.25, 0.3) is 5.91 Å². The molecule has 1 amide bonds. The summed E-state index contributed by atoms with van der Waals surface area (Å²) in [5, 5.41) is 13.7. The number of nitrogens with zero attached hydrogens (tertiary/aromatic N) is 1. The zero-order valence-corrected chi connectivity index (χ0v) is 17.4. The average molecular weight is 434 g/mol. The van der Waals surface area contributed by atoms with E-state index in [-0.39, 0.29) is 23.6 Å². The Balaban J connectivity index is 2.07. The van der Waals surface area contributed by atoms with Crippen LogP contribution in [-0.2, 0) is 9.53 Å². The number of carbonyl (C=O) groups is 2. The van der Waals surface area contributed by atoms with Gasteiger partial charge in [-0.15, -0.1) is 0 Å². The summed E-state index contributed by atoms with van der Waals surface area (Å²) >= 11 is 0. The van der Waals surface area contributed by atoms with Crippen molar-refractivity contribution in [2.24, 2.45) is 0 Å². The van der Waals surface area contributed by atoms with Gasteiger partial charge in [0.05, 0.1) is 38.4 Å². The summed E-state index contributed by atoms with van der Waals surface area (Å²) in [5.74, 6) is -0.489. The molecule has 0 fully saturated rings. The van der Waals surface area contributed by atoms with Crippen LogP contribution in [0.5, 0.6) is 23.0 Å². The van der Waals surface area contributed by atoms with Gasteiger partial charge in [-0.25, -0.2) is 4.79 Å². The molecule has 0 radical (unpaired) electrons. The molecular weight excluding hydrogens is 412 g/mol. The molecule has 0 heterocycles. The molecule has 2 aromatic rings. The molecule has 11 nitrogen and oxygen atoms in total. The van der Waals surface area contributed by atoms with Crippen LogP contribution in [0.1, 0.15) is 17.3 Å². The Morgan fingerprint density at radius 1 is 1.00 bits per heavy atom. The van der Waals surface area contributed by atoms with Crippen molar-refractivity contribution in [2.45, 2.75) is 6.92 Å². The Bertz CT molecular complexity index is 950. The number of methoxy groups -OCH3 is 3. The van der Waals surface area contributed by atoms with Crippen molar-refractivity contribution in [3.63, 3.8) is 0 Å². The van der Waals surface area contributed by atoms with Gasteiger partial charge in [0.1, 0.15) is 0 Å². The van der Waals surface area contributed by atoms with Crippen LogP contribution in [0.25, 0.3) is 0 Å². The van der Waals surface area contributed by atoms with Gasteiger partial charge in [-0.05, 0) is 19.1 Å². The standard InChI is InChI=1S/C20H22N2O9/c1-5-30-15-7-6-12(8-14(15)22(25)26)20(24)31-11-18(23)21-13-9-16(27-2)19(29-4)17(10-13)28-3/h6-10H,5,11H2,1-4H3,(H,21,23). The first-order chi connectivity index (χ1) is 14.8. The predicted molar refractivity (Wildman–Crippen MR) is 109 cm³/mol. The van der Waals surface area contributed by atoms with Crippen molar-refractivity contribution in [3.8, 4) is 23.0 Å². The summed E-state index contributed by atoms with van der Waals surface area (Å²) in [6, 6.07) is 6.67. The number of hydrogen-bond acceptors (Lipinski definition) is 9. The van der Waals surface area contributed by atoms with Gasteiger partial charge in [-0.3, -0.25) is 14.9 Å². The summed E-state index contributed by atoms with van der Waals surface area (Å²) in [4.78, 5) is 34.9. The number of nitrogens with one attached hydrogen (secondary N) is 1. The van der Waals surface area contributed by atoms with E-state index in [1.165, 1.54) is 45.6 Å². The lowest BCUT2D eigenvalue weighted by Gasteiger charge is -2.14. The second kappa shape index (κ2) is 10.7. The van der Waals surface area contributed by atoms with E-state index in [2.05, 4.69) is 5.32 Å². The smallest absolute Gasteiger partial charge is 0.338 e. The SMILES string of the molecule is CCOc1ccc(C(=O)OCC(=O)Nc2cc(OC)c(OC)c(OC)c2)cc1[N+](=O)[O-]. The van der Waals surface area contributed by atoms with Crippen LogP contribution >= 0.6 is 0 Å². The molecule has 31 heavy (non-hydrogen) atoms. The van der Waals surface area contributed by atoms with Crippen LogP contribution in [0, 0.1) is 10.1 Å². The van der Waals surface area contributed by atoms with Crippen LogP contribution in [0.15, 0.2) is 30.3 Å². The van der Waals surface area contributed by atoms with Crippen molar-refractivity contribution in [2.75, 3.05) is 39.9 Å². The highest BCUT2D eigenvalue weighted by Crippen LogP contribution is 2.39. The second-order valence-electron chi connectivity index (χ2n) is 5.91. The van der Waals surface area contributed by atoms with E-state index in [4.69, 9.17) is 23.7 Å². The topological polar surface area (TPSA) is 135 Å². The van der Waals surface area contributed by atoms with Crippen molar-refractivity contribution >= 4 is 23.3 Å². The molecule has 2 rings (SSSR count). The number of amides is 1. The Morgan fingerprint density at radius 3 is 2.16 bits per heavy atom. The quantitative estimate of drug-likeness (QED) is 0.340. The van der Waals surface area contributed by atoms with Crippen LogP contribution in [-0.4, -0.2) is 51.3 Å². The maximum absolute atomic E-state index is 12.2. The van der Waals surface area contributed by atoms with Crippen molar-refractivity contribution in [1.29, 1.82) is 0 Å². The Kier molecular flexibility index (Phi) is 8.01. The van der Waals surface area contributed by atoms with Crippen LogP contribution < -0.4 is 24.3 Å². The molecule has 0 aliphatic heterocycles. The summed E-state index contributed by atoms with van der Waals surface area (Å²) in [7, 11) is 4.31. The minimum absolute atomic E-state index is 0.0317. The molecule has 0 aliphatic rings. The predicted octanol–water partition coefficient (Wildman–Crippen LogP) is 2.81. The Morgan fingerprint density at radius 2 is 1.65 bits per heavy atom. The number of rotatable bonds is 10. The van der Waals surface area contributed by atoms with E-state index in [9.17, 15) is 19.7 Å². The van der Waals surface area contributed by atoms with Gasteiger partial charge >= 0.3 is 11.7 Å². The zero-order valence-electron chi connectivity index (χ0n) is 17.4. The van der Waals surface area contributed by atoms with E-state index in [1.54, 1.807) is 6.92 Å². The van der Waals surface area contributed by atoms with E-state index >= 15 is 0 Å². The van der Waals surface area contributed by atoms with Gasteiger partial charge in [-0.2, -0.15) is 0 Å². The number of carbonyl (C=O) groups excluding carboxylic acids is 2. The molecular formula is C20H22N2O9. The van der Waals surface area contributed by atoms with E-state index in [0.717, 1.165) is 6.07 Å². The van der Waals surface area contributed by atoms with E-state index in [0.29, 0.717) is 22.9 Å². The lowest BCUT2D eigenvalue weighted by atomic mass is 10.2. The van der Waals surface area contributed by atoms with Crippen molar-refractivity contribution < 1.29 is 38.2 Å². The molecule has 11 heteroatoms. The monoisotopic (exact) mass is 434 g/mol. The molecule has 0 aliphatic carbocycles. The first-order valence-electron chi connectivity index (χ1n) is 9.02. The van der Waals surface area contributed by atoms with Gasteiger partial charge in [0, 0.05) is 23.9 Å². The summed E-state index contributed by atoms with van der Waals surface area (Å²) < 4.78 is 25.7. The van der Waals surface area contributed by atoms with Crippen molar-refractivity contribution in [3.05, 3.63) is 46.0 Å². The number of benzene rings is 2. The van der Waals surface area contributed by atoms with Gasteiger partial charge in [-0.1, -0.05) is 0 Å². The highest BCUT2D eigenvalue weighted by molar-refractivity contribution is 5.96. The zero-order chi connectivity index (χ0) is 23.0. The maximum Gasteiger partial charge on any atom is 0.338 e. The molecule has 166 valence electrons. The third kappa shape index (κ3) is 5.75. The number of nitro groups is 1. The fraction of sp³-hybridized carbons (Fsp3) is 0.300. The molecule has 0 atom stereocenters. The molecule has 0 bridgehead atoms. The van der Waals surface area contributed by atoms with Gasteiger partial charge < -0.3 is 29.0 Å². The van der Waals surface area contributed by atoms with Crippen LogP contribution in [0.3, 0.4) is 0 Å². The Labute approximate surface area is 178 Å². The molecule has 1 N–H and O–H groups in total. The molecule has 0 spiro atoms. The number of ether oxygens (including phenoxy) is 5. The fourth-order valence-corrected chi connectivity index (χ4v) is 2.63. The minimum Gasteiger partial charge on any atom is -0.493 e. The second-order valence-corrected chi connectivity index (χ2v) is 5.91. The number of nitro benzene ring substituents is 1. The van der Waals surface area contributed by atoms with Crippen molar-refractivity contribution in [1.82, 2.24) is 0 Å². The number of hydrogen-bond donors (Lipinski definition) is 1. The molecule has 0 aromatic heterocycles. The summed E-state index contributed by atoms with van der Waals surface area (Å²) in [6.45, 7) is 1.29. The molecule has 0 unspecified atom stereocenters. The lowest BCUT2D eigenvalue weighted by Crippen LogP contribution is -2.21. The maximum atomic E-state index is 12.2.